The lowest BCUT2D eigenvalue weighted by Crippen LogP contribution is -2.33. The van der Waals surface area contributed by atoms with Crippen molar-refractivity contribution in [3.63, 3.8) is 0 Å². The van der Waals surface area contributed by atoms with Gasteiger partial charge in [0.05, 0.1) is 13.7 Å². The zero-order valence-corrected chi connectivity index (χ0v) is 16.4. The summed E-state index contributed by atoms with van der Waals surface area (Å²) in [5.74, 6) is 1.91. The molecule has 1 aliphatic heterocycles. The topological polar surface area (TPSA) is 44.8 Å². The molecule has 2 rings (SSSR count). The minimum absolute atomic E-state index is 0.00118. The van der Waals surface area contributed by atoms with Crippen LogP contribution >= 0.6 is 0 Å². The molecule has 1 aliphatic rings. The molecule has 0 saturated carbocycles. The van der Waals surface area contributed by atoms with E-state index in [0.717, 1.165) is 37.2 Å². The molecule has 1 aromatic carbocycles. The van der Waals surface area contributed by atoms with E-state index in [1.54, 1.807) is 7.11 Å². The van der Waals surface area contributed by atoms with E-state index < -0.39 is 0 Å². The summed E-state index contributed by atoms with van der Waals surface area (Å²) in [5, 5.41) is 0. The first kappa shape index (κ1) is 20.5. The fourth-order valence-electron chi connectivity index (χ4n) is 3.59. The zero-order chi connectivity index (χ0) is 18.9. The Morgan fingerprint density at radius 3 is 2.62 bits per heavy atom. The standard InChI is InChI=1S/C22H32O4/c1-16(14-18(3)22-17(2)7-12-21(23)26-22)6-5-13-25-15-19-8-10-20(24-4)11-9-19/h7-12,16-18,22H,5-6,13-15H2,1-4H3/t16-,17-,18-,22-/m0/s1. The van der Waals surface area contributed by atoms with Crippen LogP contribution in [0, 0.1) is 17.8 Å². The van der Waals surface area contributed by atoms with Crippen molar-refractivity contribution in [2.45, 2.75) is 52.7 Å². The molecule has 0 N–H and O–H groups in total. The molecule has 0 aromatic heterocycles. The molecule has 0 radical (unpaired) electrons. The predicted octanol–water partition coefficient (Wildman–Crippen LogP) is 4.77. The van der Waals surface area contributed by atoms with E-state index in [1.165, 1.54) is 6.08 Å². The van der Waals surface area contributed by atoms with Crippen LogP contribution in [0.15, 0.2) is 36.4 Å². The molecule has 0 unspecified atom stereocenters. The summed E-state index contributed by atoms with van der Waals surface area (Å²) in [4.78, 5) is 11.5. The average Bonchev–Trinajstić information content (AvgIpc) is 2.63. The highest BCUT2D eigenvalue weighted by molar-refractivity contribution is 5.82. The van der Waals surface area contributed by atoms with Crippen LogP contribution in [0.1, 0.15) is 45.6 Å². The van der Waals surface area contributed by atoms with E-state index in [9.17, 15) is 4.79 Å². The molecule has 0 spiro atoms. The molecule has 1 aromatic rings. The van der Waals surface area contributed by atoms with Crippen molar-refractivity contribution in [3.8, 4) is 5.75 Å². The number of ether oxygens (including phenoxy) is 3. The summed E-state index contributed by atoms with van der Waals surface area (Å²) >= 11 is 0. The van der Waals surface area contributed by atoms with Crippen LogP contribution in [0.5, 0.6) is 5.75 Å². The number of esters is 1. The second kappa shape index (κ2) is 10.4. The molecule has 0 bridgehead atoms. The molecule has 144 valence electrons. The molecule has 0 saturated heterocycles. The van der Waals surface area contributed by atoms with Gasteiger partial charge in [0.2, 0.25) is 0 Å². The van der Waals surface area contributed by atoms with Crippen LogP contribution in [0.3, 0.4) is 0 Å². The number of cyclic esters (lactones) is 1. The first-order valence-electron chi connectivity index (χ1n) is 9.59. The number of benzene rings is 1. The molecule has 4 atom stereocenters. The Balaban J connectivity index is 1.61. The number of carbonyl (C=O) groups excluding carboxylic acids is 1. The Morgan fingerprint density at radius 1 is 1.19 bits per heavy atom. The van der Waals surface area contributed by atoms with Crippen molar-refractivity contribution in [3.05, 3.63) is 42.0 Å². The average molecular weight is 360 g/mol. The van der Waals surface area contributed by atoms with Gasteiger partial charge >= 0.3 is 5.97 Å². The van der Waals surface area contributed by atoms with Gasteiger partial charge in [-0.25, -0.2) is 4.79 Å². The fourth-order valence-corrected chi connectivity index (χ4v) is 3.59. The van der Waals surface area contributed by atoms with E-state index >= 15 is 0 Å². The van der Waals surface area contributed by atoms with Gasteiger partial charge in [-0.15, -0.1) is 0 Å². The Labute approximate surface area is 157 Å². The maximum Gasteiger partial charge on any atom is 0.330 e. The van der Waals surface area contributed by atoms with Crippen molar-refractivity contribution >= 4 is 5.97 Å². The highest BCUT2D eigenvalue weighted by Gasteiger charge is 2.29. The highest BCUT2D eigenvalue weighted by atomic mass is 16.5. The van der Waals surface area contributed by atoms with E-state index in [1.807, 2.05) is 30.3 Å². The van der Waals surface area contributed by atoms with Crippen LogP contribution in [0.2, 0.25) is 0 Å². The fraction of sp³-hybridized carbons (Fsp3) is 0.591. The monoisotopic (exact) mass is 360 g/mol. The lowest BCUT2D eigenvalue weighted by molar-refractivity contribution is -0.149. The SMILES string of the molecule is COc1ccc(COCCC[C@H](C)C[C@H](C)[C@H]2OC(=O)C=C[C@@H]2C)cc1. The van der Waals surface area contributed by atoms with Crippen molar-refractivity contribution in [1.82, 2.24) is 0 Å². The van der Waals surface area contributed by atoms with Gasteiger partial charge in [0.15, 0.2) is 0 Å². The van der Waals surface area contributed by atoms with Crippen LogP contribution in [0.25, 0.3) is 0 Å². The van der Waals surface area contributed by atoms with Gasteiger partial charge in [0.25, 0.3) is 0 Å². The van der Waals surface area contributed by atoms with Crippen molar-refractivity contribution in [2.75, 3.05) is 13.7 Å². The summed E-state index contributed by atoms with van der Waals surface area (Å²) in [7, 11) is 1.67. The third-order valence-electron chi connectivity index (χ3n) is 5.05. The molecule has 0 fully saturated rings. The van der Waals surface area contributed by atoms with Crippen molar-refractivity contribution in [2.24, 2.45) is 17.8 Å². The Hall–Kier alpha value is -1.81. The van der Waals surface area contributed by atoms with Crippen LogP contribution < -0.4 is 4.74 Å². The Bertz CT molecular complexity index is 578. The molecule has 0 aliphatic carbocycles. The van der Waals surface area contributed by atoms with Gasteiger partial charge < -0.3 is 14.2 Å². The van der Waals surface area contributed by atoms with Gasteiger partial charge in [-0.1, -0.05) is 39.0 Å². The maximum absolute atomic E-state index is 11.5. The maximum atomic E-state index is 11.5. The lowest BCUT2D eigenvalue weighted by Gasteiger charge is -2.31. The number of rotatable bonds is 10. The molecule has 4 heteroatoms. The Morgan fingerprint density at radius 2 is 1.92 bits per heavy atom. The minimum Gasteiger partial charge on any atom is -0.497 e. The number of hydrogen-bond acceptors (Lipinski definition) is 4. The minimum atomic E-state index is -0.209. The van der Waals surface area contributed by atoms with Gasteiger partial charge in [-0.3, -0.25) is 0 Å². The third kappa shape index (κ3) is 6.49. The van der Waals surface area contributed by atoms with E-state index in [2.05, 4.69) is 20.8 Å². The van der Waals surface area contributed by atoms with Gasteiger partial charge in [0, 0.05) is 18.6 Å². The number of carbonyl (C=O) groups is 1. The molecule has 0 amide bonds. The van der Waals surface area contributed by atoms with Crippen LogP contribution in [-0.4, -0.2) is 25.8 Å². The number of hydrogen-bond donors (Lipinski definition) is 0. The third-order valence-corrected chi connectivity index (χ3v) is 5.05. The van der Waals surface area contributed by atoms with Gasteiger partial charge in [0.1, 0.15) is 11.9 Å². The van der Waals surface area contributed by atoms with Crippen molar-refractivity contribution < 1.29 is 19.0 Å². The first-order chi connectivity index (χ1) is 12.5. The summed E-state index contributed by atoms with van der Waals surface area (Å²) in [5.41, 5.74) is 1.16. The van der Waals surface area contributed by atoms with E-state index in [4.69, 9.17) is 14.2 Å². The largest absolute Gasteiger partial charge is 0.497 e. The molecule has 1 heterocycles. The van der Waals surface area contributed by atoms with Gasteiger partial charge in [-0.05, 0) is 48.8 Å². The smallest absolute Gasteiger partial charge is 0.330 e. The Kier molecular flexibility index (Phi) is 8.17. The normalized spacial score (nSPS) is 21.9. The molecule has 26 heavy (non-hydrogen) atoms. The predicted molar refractivity (Wildman–Crippen MR) is 103 cm³/mol. The summed E-state index contributed by atoms with van der Waals surface area (Å²) in [6.45, 7) is 7.97. The number of methoxy groups -OCH3 is 1. The van der Waals surface area contributed by atoms with Crippen LogP contribution in [-0.2, 0) is 20.9 Å². The quantitative estimate of drug-likeness (QED) is 0.445. The van der Waals surface area contributed by atoms with E-state index in [-0.39, 0.29) is 12.1 Å². The molecular weight excluding hydrogens is 328 g/mol. The second-order valence-corrected chi connectivity index (χ2v) is 7.48. The van der Waals surface area contributed by atoms with E-state index in [0.29, 0.717) is 24.4 Å². The summed E-state index contributed by atoms with van der Waals surface area (Å²) < 4.78 is 16.4. The van der Waals surface area contributed by atoms with Gasteiger partial charge in [-0.2, -0.15) is 0 Å². The summed E-state index contributed by atoms with van der Waals surface area (Å²) in [6, 6.07) is 7.97. The first-order valence-corrected chi connectivity index (χ1v) is 9.59. The highest BCUT2D eigenvalue weighted by Crippen LogP contribution is 2.28. The van der Waals surface area contributed by atoms with Crippen LogP contribution in [0.4, 0.5) is 0 Å². The molecule has 4 nitrogen and oxygen atoms in total. The molecular formula is C22H32O4. The lowest BCUT2D eigenvalue weighted by atomic mass is 9.84. The van der Waals surface area contributed by atoms with Crippen molar-refractivity contribution in [1.29, 1.82) is 0 Å². The summed E-state index contributed by atoms with van der Waals surface area (Å²) in [6.07, 6.45) is 6.74. The second-order valence-electron chi connectivity index (χ2n) is 7.48. The zero-order valence-electron chi connectivity index (χ0n) is 16.4.